The van der Waals surface area contributed by atoms with Crippen LogP contribution < -0.4 is 10.6 Å². The van der Waals surface area contributed by atoms with Crippen LogP contribution in [0.2, 0.25) is 0 Å². The lowest BCUT2D eigenvalue weighted by Crippen LogP contribution is -2.25. The van der Waals surface area contributed by atoms with E-state index in [-0.39, 0.29) is 17.2 Å². The number of hydrogen-bond acceptors (Lipinski definition) is 2. The van der Waals surface area contributed by atoms with E-state index >= 15 is 0 Å². The minimum absolute atomic E-state index is 0.00752. The minimum Gasteiger partial charge on any atom is -0.356 e. The van der Waals surface area contributed by atoms with Gasteiger partial charge in [-0.25, -0.2) is 0 Å². The summed E-state index contributed by atoms with van der Waals surface area (Å²) in [7, 11) is 0. The third-order valence-electron chi connectivity index (χ3n) is 6.15. The molecule has 0 bridgehead atoms. The molecule has 0 spiro atoms. The molecule has 184 valence electrons. The zero-order chi connectivity index (χ0) is 25.1. The first-order valence-corrected chi connectivity index (χ1v) is 12.6. The van der Waals surface area contributed by atoms with Crippen LogP contribution in [0, 0.1) is 0 Å². The summed E-state index contributed by atoms with van der Waals surface area (Å²) in [6.07, 6.45) is 3.99. The Labute approximate surface area is 210 Å². The van der Waals surface area contributed by atoms with Gasteiger partial charge in [-0.2, -0.15) is 0 Å². The van der Waals surface area contributed by atoms with E-state index in [0.717, 1.165) is 24.9 Å². The number of hydrogen-bond donors (Lipinski definition) is 2. The van der Waals surface area contributed by atoms with Crippen molar-refractivity contribution in [1.29, 1.82) is 0 Å². The third-order valence-corrected chi connectivity index (χ3v) is 6.15. The Morgan fingerprint density at radius 3 is 1.83 bits per heavy atom. The average Bonchev–Trinajstić information content (AvgIpc) is 2.84. The Balaban J connectivity index is 1.29. The van der Waals surface area contributed by atoms with Gasteiger partial charge in [0, 0.05) is 25.1 Å². The summed E-state index contributed by atoms with van der Waals surface area (Å²) in [5.41, 5.74) is 6.02. The summed E-state index contributed by atoms with van der Waals surface area (Å²) in [6.45, 7) is 7.21. The smallest absolute Gasteiger partial charge is 0.224 e. The van der Waals surface area contributed by atoms with Crippen molar-refractivity contribution in [2.24, 2.45) is 0 Å². The molecule has 3 aromatic carbocycles. The molecule has 0 aliphatic rings. The van der Waals surface area contributed by atoms with Gasteiger partial charge in [0.05, 0.1) is 0 Å². The molecule has 0 aliphatic heterocycles. The third kappa shape index (κ3) is 9.40. The maximum Gasteiger partial charge on any atom is 0.224 e. The van der Waals surface area contributed by atoms with Crippen LogP contribution in [0.25, 0.3) is 0 Å². The van der Waals surface area contributed by atoms with E-state index in [0.29, 0.717) is 25.8 Å². The van der Waals surface area contributed by atoms with E-state index in [1.807, 2.05) is 18.2 Å². The Hall–Kier alpha value is -3.40. The van der Waals surface area contributed by atoms with Crippen LogP contribution in [0.1, 0.15) is 62.3 Å². The number of anilines is 1. The topological polar surface area (TPSA) is 58.2 Å². The monoisotopic (exact) mass is 470 g/mol. The molecule has 3 rings (SSSR count). The number of amides is 2. The minimum atomic E-state index is -0.0613. The summed E-state index contributed by atoms with van der Waals surface area (Å²) in [4.78, 5) is 24.4. The number of nitrogens with one attached hydrogen (secondary N) is 2. The molecule has 0 unspecified atom stereocenters. The van der Waals surface area contributed by atoms with E-state index in [1.54, 1.807) is 0 Å². The molecule has 0 saturated heterocycles. The summed E-state index contributed by atoms with van der Waals surface area (Å²) < 4.78 is 0. The van der Waals surface area contributed by atoms with Crippen molar-refractivity contribution < 1.29 is 9.59 Å². The number of benzene rings is 3. The van der Waals surface area contributed by atoms with E-state index in [4.69, 9.17) is 0 Å². The largest absolute Gasteiger partial charge is 0.356 e. The van der Waals surface area contributed by atoms with E-state index in [1.165, 1.54) is 22.3 Å². The van der Waals surface area contributed by atoms with Crippen LogP contribution in [0.15, 0.2) is 78.9 Å². The molecule has 0 saturated carbocycles. The predicted molar refractivity (Wildman–Crippen MR) is 145 cm³/mol. The lowest BCUT2D eigenvalue weighted by Gasteiger charge is -2.19. The van der Waals surface area contributed by atoms with Gasteiger partial charge in [-0.05, 0) is 65.5 Å². The Kier molecular flexibility index (Phi) is 9.66. The molecule has 2 N–H and O–H groups in total. The summed E-state index contributed by atoms with van der Waals surface area (Å²) in [6, 6.07) is 27.0. The average molecular weight is 471 g/mol. The number of carbonyl (C=O) groups is 2. The highest BCUT2D eigenvalue weighted by atomic mass is 16.2. The zero-order valence-corrected chi connectivity index (χ0v) is 21.3. The standard InChI is InChI=1S/C31H38N2O2/c1-31(2,3)27-18-14-26(15-19-27)22-23-32-29(34)10-7-11-30(35)33-28-20-16-25(17-21-28)13-12-24-8-5-4-6-9-24/h4-6,8-9,14-21H,7,10-13,22-23H2,1-3H3,(H,32,34)(H,33,35). The van der Waals surface area contributed by atoms with Crippen molar-refractivity contribution in [1.82, 2.24) is 5.32 Å². The number of carbonyl (C=O) groups excluding carboxylic acids is 2. The molecule has 0 heterocycles. The molecule has 0 fully saturated rings. The quantitative estimate of drug-likeness (QED) is 0.349. The van der Waals surface area contributed by atoms with Gasteiger partial charge in [-0.1, -0.05) is 87.5 Å². The highest BCUT2D eigenvalue weighted by Crippen LogP contribution is 2.22. The SMILES string of the molecule is CC(C)(C)c1ccc(CCNC(=O)CCCC(=O)Nc2ccc(CCc3ccccc3)cc2)cc1. The molecule has 35 heavy (non-hydrogen) atoms. The number of aryl methyl sites for hydroxylation is 2. The molecule has 0 atom stereocenters. The van der Waals surface area contributed by atoms with E-state index in [2.05, 4.69) is 92.1 Å². The van der Waals surface area contributed by atoms with Crippen molar-refractivity contribution in [2.75, 3.05) is 11.9 Å². The molecular weight excluding hydrogens is 432 g/mol. The van der Waals surface area contributed by atoms with Crippen LogP contribution in [0.5, 0.6) is 0 Å². The van der Waals surface area contributed by atoms with Crippen molar-refractivity contribution in [3.63, 3.8) is 0 Å². The van der Waals surface area contributed by atoms with Gasteiger partial charge in [0.2, 0.25) is 11.8 Å². The van der Waals surface area contributed by atoms with Gasteiger partial charge < -0.3 is 10.6 Å². The molecule has 0 radical (unpaired) electrons. The molecule has 4 heteroatoms. The van der Waals surface area contributed by atoms with E-state index < -0.39 is 0 Å². The highest BCUT2D eigenvalue weighted by molar-refractivity contribution is 5.91. The highest BCUT2D eigenvalue weighted by Gasteiger charge is 2.12. The first kappa shape index (κ1) is 26.2. The predicted octanol–water partition coefficient (Wildman–Crippen LogP) is 6.24. The van der Waals surface area contributed by atoms with Gasteiger partial charge in [-0.3, -0.25) is 9.59 Å². The Morgan fingerprint density at radius 2 is 1.20 bits per heavy atom. The molecule has 2 amide bonds. The normalized spacial score (nSPS) is 11.2. The van der Waals surface area contributed by atoms with Gasteiger partial charge >= 0.3 is 0 Å². The second kappa shape index (κ2) is 12.9. The van der Waals surface area contributed by atoms with Crippen molar-refractivity contribution >= 4 is 17.5 Å². The van der Waals surface area contributed by atoms with Crippen LogP contribution in [0.3, 0.4) is 0 Å². The first-order chi connectivity index (χ1) is 16.8. The van der Waals surface area contributed by atoms with Crippen LogP contribution >= 0.6 is 0 Å². The summed E-state index contributed by atoms with van der Waals surface area (Å²) >= 11 is 0. The van der Waals surface area contributed by atoms with Crippen LogP contribution in [0.4, 0.5) is 5.69 Å². The molecule has 4 nitrogen and oxygen atoms in total. The zero-order valence-electron chi connectivity index (χ0n) is 21.3. The Bertz CT molecular complexity index is 1070. The molecule has 0 aromatic heterocycles. The fraction of sp³-hybridized carbons (Fsp3) is 0.355. The summed E-state index contributed by atoms with van der Waals surface area (Å²) in [5.74, 6) is -0.0688. The van der Waals surface area contributed by atoms with Crippen molar-refractivity contribution in [2.45, 2.75) is 64.7 Å². The lowest BCUT2D eigenvalue weighted by molar-refractivity contribution is -0.121. The van der Waals surface area contributed by atoms with Gasteiger partial charge in [0.15, 0.2) is 0 Å². The van der Waals surface area contributed by atoms with E-state index in [9.17, 15) is 9.59 Å². The van der Waals surface area contributed by atoms with Gasteiger partial charge in [-0.15, -0.1) is 0 Å². The molecule has 3 aromatic rings. The van der Waals surface area contributed by atoms with Gasteiger partial charge in [0.1, 0.15) is 0 Å². The fourth-order valence-electron chi connectivity index (χ4n) is 3.93. The first-order valence-electron chi connectivity index (χ1n) is 12.6. The second-order valence-corrected chi connectivity index (χ2v) is 10.1. The maximum atomic E-state index is 12.2. The van der Waals surface area contributed by atoms with Gasteiger partial charge in [0.25, 0.3) is 0 Å². The summed E-state index contributed by atoms with van der Waals surface area (Å²) in [5, 5.41) is 5.88. The van der Waals surface area contributed by atoms with Crippen molar-refractivity contribution in [3.8, 4) is 0 Å². The lowest BCUT2D eigenvalue weighted by atomic mass is 9.86. The van der Waals surface area contributed by atoms with Crippen LogP contribution in [-0.4, -0.2) is 18.4 Å². The fourth-order valence-corrected chi connectivity index (χ4v) is 3.93. The molecular formula is C31H38N2O2. The maximum absolute atomic E-state index is 12.2. The molecule has 0 aliphatic carbocycles. The van der Waals surface area contributed by atoms with Crippen molar-refractivity contribution in [3.05, 3.63) is 101 Å². The van der Waals surface area contributed by atoms with Crippen LogP contribution in [-0.2, 0) is 34.3 Å². The Morgan fingerprint density at radius 1 is 0.657 bits per heavy atom. The number of rotatable bonds is 11. The second-order valence-electron chi connectivity index (χ2n) is 10.1.